The van der Waals surface area contributed by atoms with Crippen LogP contribution >= 0.6 is 0 Å². The van der Waals surface area contributed by atoms with Gasteiger partial charge in [-0.15, -0.1) is 6.58 Å². The van der Waals surface area contributed by atoms with Crippen LogP contribution in [-0.2, 0) is 35.6 Å². The Kier molecular flexibility index (Phi) is 11.2. The Labute approximate surface area is 321 Å². The monoisotopic (exact) mass is 771 g/mol. The number of alkyl carbamates (subject to hydrolysis) is 1. The van der Waals surface area contributed by atoms with Crippen LogP contribution in [0.5, 0.6) is 5.75 Å². The van der Waals surface area contributed by atoms with Gasteiger partial charge in [0.05, 0.1) is 29.6 Å². The summed E-state index contributed by atoms with van der Waals surface area (Å²) < 4.78 is 39.9. The lowest BCUT2D eigenvalue weighted by Gasteiger charge is -2.29. The van der Waals surface area contributed by atoms with Crippen LogP contribution in [0.25, 0.3) is 22.2 Å². The normalized spacial score (nSPS) is 25.9. The van der Waals surface area contributed by atoms with E-state index >= 15 is 0 Å². The van der Waals surface area contributed by atoms with Crippen LogP contribution in [0.4, 0.5) is 4.79 Å². The molecule has 7 rings (SSSR count). The van der Waals surface area contributed by atoms with Crippen LogP contribution in [0.2, 0.25) is 0 Å². The van der Waals surface area contributed by atoms with E-state index in [1.165, 1.54) is 11.0 Å². The molecule has 2 saturated carbocycles. The van der Waals surface area contributed by atoms with E-state index in [9.17, 15) is 27.6 Å². The van der Waals surface area contributed by atoms with Gasteiger partial charge in [-0.1, -0.05) is 62.2 Å². The number of carbonyl (C=O) groups is 4. The van der Waals surface area contributed by atoms with E-state index in [2.05, 4.69) is 34.1 Å². The maximum absolute atomic E-state index is 14.5. The van der Waals surface area contributed by atoms with Gasteiger partial charge < -0.3 is 25.0 Å². The first-order chi connectivity index (χ1) is 26.5. The molecular weight excluding hydrogens is 723 g/mol. The molecule has 1 aromatic heterocycles. The Morgan fingerprint density at radius 1 is 1.09 bits per heavy atom. The summed E-state index contributed by atoms with van der Waals surface area (Å²) in [6.07, 6.45) is 6.22. The van der Waals surface area contributed by atoms with Crippen molar-refractivity contribution >= 4 is 44.7 Å². The Morgan fingerprint density at radius 3 is 2.62 bits per heavy atom. The van der Waals surface area contributed by atoms with Crippen LogP contribution < -0.4 is 20.1 Å². The second-order valence-corrected chi connectivity index (χ2v) is 17.1. The van der Waals surface area contributed by atoms with E-state index in [0.717, 1.165) is 47.7 Å². The summed E-state index contributed by atoms with van der Waals surface area (Å²) in [4.78, 5) is 61.8. The van der Waals surface area contributed by atoms with Crippen molar-refractivity contribution < 1.29 is 37.1 Å². The standard InChI is InChI=1S/C41H49N5O8S/c1-3-5-15-33-38(48)46-25-29(22-35(46)37(47)44-41(24-28(41)4-2)39(49)45-55(51,52)30-17-18-30)54-36-23-34(27-13-9-6-10-14-27)42-32-19-16-26(21-31(32)36)12-8-7-11-20-53-40(50)43-33/h4,6,9-10,13-14,16,19,21,23,28-30,33,35H,2-3,5,7-8,11-12,15,17-18,20,22,24-25H2,1H3,(H,43,50)(H,44,47)(H,45,49)/t28-,29+,33-,35-,41+/m0/s1. The number of cyclic esters (lactones) is 1. The van der Waals surface area contributed by atoms with Crippen molar-refractivity contribution in [1.82, 2.24) is 25.2 Å². The highest BCUT2D eigenvalue weighted by molar-refractivity contribution is 7.91. The highest BCUT2D eigenvalue weighted by Crippen LogP contribution is 2.45. The van der Waals surface area contributed by atoms with Gasteiger partial charge in [0.1, 0.15) is 29.5 Å². The molecule has 0 unspecified atom stereocenters. The summed E-state index contributed by atoms with van der Waals surface area (Å²) in [7, 11) is -3.89. The average Bonchev–Trinajstić information content (AvgIpc) is 4.11. The number of ether oxygens (including phenoxy) is 2. The molecule has 3 N–H and O–H groups in total. The van der Waals surface area contributed by atoms with Crippen molar-refractivity contribution in [2.45, 2.75) is 107 Å². The number of sulfonamides is 1. The van der Waals surface area contributed by atoms with Crippen LogP contribution in [0.15, 0.2) is 67.3 Å². The number of hydrogen-bond acceptors (Lipinski definition) is 9. The number of hydrogen-bond donors (Lipinski definition) is 3. The molecule has 2 aliphatic heterocycles. The van der Waals surface area contributed by atoms with E-state index in [1.54, 1.807) is 0 Å². The maximum Gasteiger partial charge on any atom is 0.407 e. The second kappa shape index (κ2) is 16.0. The number of fused-ring (bicyclic) bond motifs is 3. The number of benzene rings is 2. The zero-order valence-electron chi connectivity index (χ0n) is 31.1. The largest absolute Gasteiger partial charge is 0.488 e. The first-order valence-corrected chi connectivity index (χ1v) is 21.0. The minimum atomic E-state index is -3.89. The molecular formula is C41H49N5O8S. The number of aromatic nitrogens is 1. The van der Waals surface area contributed by atoms with Crippen LogP contribution in [0.1, 0.15) is 76.7 Å². The lowest BCUT2D eigenvalue weighted by atomic mass is 10.0. The van der Waals surface area contributed by atoms with Crippen molar-refractivity contribution in [3.63, 3.8) is 0 Å². The molecule has 292 valence electrons. The van der Waals surface area contributed by atoms with E-state index in [-0.39, 0.29) is 26.0 Å². The molecule has 55 heavy (non-hydrogen) atoms. The highest BCUT2D eigenvalue weighted by atomic mass is 32.2. The fourth-order valence-electron chi connectivity index (χ4n) is 7.65. The molecule has 13 nitrogen and oxygen atoms in total. The molecule has 2 aliphatic carbocycles. The summed E-state index contributed by atoms with van der Waals surface area (Å²) >= 11 is 0. The molecule has 2 aromatic carbocycles. The number of nitrogens with one attached hydrogen (secondary N) is 3. The summed E-state index contributed by atoms with van der Waals surface area (Å²) in [6, 6.07) is 15.7. The van der Waals surface area contributed by atoms with Gasteiger partial charge in [0, 0.05) is 29.4 Å². The van der Waals surface area contributed by atoms with Gasteiger partial charge >= 0.3 is 6.09 Å². The fraction of sp³-hybridized carbons (Fsp3) is 0.488. The Hall–Kier alpha value is -4.98. The van der Waals surface area contributed by atoms with E-state index in [0.29, 0.717) is 43.5 Å². The molecule has 0 radical (unpaired) electrons. The number of unbranched alkanes of at least 4 members (excludes halogenated alkanes) is 1. The predicted octanol–water partition coefficient (Wildman–Crippen LogP) is 4.93. The molecule has 3 heterocycles. The summed E-state index contributed by atoms with van der Waals surface area (Å²) in [5.74, 6) is -1.87. The molecule has 3 aromatic rings. The lowest BCUT2D eigenvalue weighted by molar-refractivity contribution is -0.141. The van der Waals surface area contributed by atoms with Gasteiger partial charge in [-0.3, -0.25) is 19.1 Å². The zero-order valence-corrected chi connectivity index (χ0v) is 31.9. The number of aryl methyl sites for hydroxylation is 1. The molecule has 4 amide bonds. The van der Waals surface area contributed by atoms with Crippen LogP contribution in [0, 0.1) is 5.92 Å². The first kappa shape index (κ1) is 38.3. The average molecular weight is 772 g/mol. The Morgan fingerprint density at radius 2 is 1.89 bits per heavy atom. The van der Waals surface area contributed by atoms with Gasteiger partial charge in [0.15, 0.2) is 0 Å². The minimum Gasteiger partial charge on any atom is -0.488 e. The highest BCUT2D eigenvalue weighted by Gasteiger charge is 2.62. The molecule has 1 saturated heterocycles. The van der Waals surface area contributed by atoms with Gasteiger partial charge in [-0.2, -0.15) is 0 Å². The molecule has 0 spiro atoms. The van der Waals surface area contributed by atoms with Crippen molar-refractivity contribution in [1.29, 1.82) is 0 Å². The summed E-state index contributed by atoms with van der Waals surface area (Å²) in [5, 5.41) is 5.76. The van der Waals surface area contributed by atoms with Gasteiger partial charge in [-0.25, -0.2) is 18.2 Å². The minimum absolute atomic E-state index is 0.0145. The zero-order chi connectivity index (χ0) is 38.7. The van der Waals surface area contributed by atoms with Crippen molar-refractivity contribution in [2.24, 2.45) is 5.92 Å². The number of rotatable bonds is 10. The lowest BCUT2D eigenvalue weighted by Crippen LogP contribution is -2.58. The smallest absolute Gasteiger partial charge is 0.407 e. The van der Waals surface area contributed by atoms with E-state index in [1.807, 2.05) is 49.4 Å². The Balaban J connectivity index is 1.24. The van der Waals surface area contributed by atoms with Crippen molar-refractivity contribution in [2.75, 3.05) is 13.2 Å². The second-order valence-electron chi connectivity index (χ2n) is 15.2. The van der Waals surface area contributed by atoms with Gasteiger partial charge in [-0.05, 0) is 69.1 Å². The summed E-state index contributed by atoms with van der Waals surface area (Å²) in [5.41, 5.74) is 1.91. The Bertz CT molecular complexity index is 2070. The molecule has 14 heteroatoms. The SMILES string of the molecule is C=C[C@H]1C[C@]1(NC(=O)[C@@H]1C[C@@H]2CN1C(=O)[C@H](CCCC)NC(=O)OCCCCCc1ccc3nc(-c4ccccc4)cc(c3c1)O2)C(=O)NS(=O)(=O)C1CC1. The topological polar surface area (TPSA) is 173 Å². The van der Waals surface area contributed by atoms with Crippen molar-refractivity contribution in [3.05, 3.63) is 72.8 Å². The van der Waals surface area contributed by atoms with E-state index < -0.39 is 68.7 Å². The number of nitrogens with zero attached hydrogens (tertiary/aromatic N) is 2. The third kappa shape index (κ3) is 8.48. The maximum atomic E-state index is 14.5. The fourth-order valence-corrected chi connectivity index (χ4v) is 9.01. The van der Waals surface area contributed by atoms with Crippen molar-refractivity contribution in [3.8, 4) is 17.0 Å². The molecule has 3 fully saturated rings. The van der Waals surface area contributed by atoms with Gasteiger partial charge in [0.2, 0.25) is 21.8 Å². The molecule has 4 bridgehead atoms. The number of amides is 4. The third-order valence-electron chi connectivity index (χ3n) is 11.1. The number of pyridine rings is 1. The molecule has 4 aliphatic rings. The van der Waals surface area contributed by atoms with E-state index in [4.69, 9.17) is 14.5 Å². The van der Waals surface area contributed by atoms with Gasteiger partial charge in [0.25, 0.3) is 5.91 Å². The van der Waals surface area contributed by atoms with Crippen LogP contribution in [0.3, 0.4) is 0 Å². The summed E-state index contributed by atoms with van der Waals surface area (Å²) in [6.45, 7) is 5.99. The van der Waals surface area contributed by atoms with Crippen LogP contribution in [-0.4, -0.2) is 84.2 Å². The molecule has 5 atom stereocenters. The number of carbonyl (C=O) groups excluding carboxylic acids is 4. The first-order valence-electron chi connectivity index (χ1n) is 19.4. The third-order valence-corrected chi connectivity index (χ3v) is 12.9. The quantitative estimate of drug-likeness (QED) is 0.242. The predicted molar refractivity (Wildman–Crippen MR) is 206 cm³/mol.